The minimum Gasteiger partial charge on any atom is -0.469 e. The molecule has 0 aliphatic rings. The van der Waals surface area contributed by atoms with Crippen LogP contribution < -0.4 is 0 Å². The zero-order valence-electron chi connectivity index (χ0n) is 30.9. The van der Waals surface area contributed by atoms with E-state index in [2.05, 4.69) is 49.2 Å². The number of Topliss-reactive ketones (excluding diaryl/α,β-unsaturated/α-hetero) is 3. The molecule has 0 spiro atoms. The van der Waals surface area contributed by atoms with Crippen molar-refractivity contribution in [3.8, 4) is 0 Å². The summed E-state index contributed by atoms with van der Waals surface area (Å²) in [4.78, 5) is 72.8. The second kappa shape index (κ2) is 54.0. The number of methoxy groups -OCH3 is 2. The summed E-state index contributed by atoms with van der Waals surface area (Å²) in [6.45, 7) is 22.5. The first-order valence-corrected chi connectivity index (χ1v) is 13.2. The lowest BCUT2D eigenvalue weighted by atomic mass is 10.6. The van der Waals surface area contributed by atoms with Gasteiger partial charge in [-0.2, -0.15) is 0 Å². The van der Waals surface area contributed by atoms with Crippen LogP contribution in [-0.4, -0.2) is 119 Å². The van der Waals surface area contributed by atoms with Crippen molar-refractivity contribution >= 4 is 41.1 Å². The predicted octanol–water partition coefficient (Wildman–Crippen LogP) is 4.32. The molecule has 0 bridgehead atoms. The molecule has 0 unspecified atom stereocenters. The van der Waals surface area contributed by atoms with E-state index in [1.165, 1.54) is 99.7 Å². The Kier molecular flexibility index (Phi) is 80.3. The summed E-state index contributed by atoms with van der Waals surface area (Å²) >= 11 is 0. The van der Waals surface area contributed by atoms with Crippen LogP contribution in [0, 0.1) is 0 Å². The lowest BCUT2D eigenvalue weighted by Gasteiger charge is -2.02. The second-order valence-corrected chi connectivity index (χ2v) is 9.05. The van der Waals surface area contributed by atoms with Crippen LogP contribution in [0.3, 0.4) is 0 Å². The molecule has 256 valence electrons. The summed E-state index contributed by atoms with van der Waals surface area (Å²) in [5.74, 6) is 0.194. The normalized spacial score (nSPS) is 7.29. The van der Waals surface area contributed by atoms with E-state index in [-0.39, 0.29) is 41.1 Å². The van der Waals surface area contributed by atoms with Gasteiger partial charge in [-0.15, -0.1) is 0 Å². The fourth-order valence-corrected chi connectivity index (χ4v) is 0. The molecule has 2 amide bonds. The summed E-state index contributed by atoms with van der Waals surface area (Å²) in [5.41, 5.74) is 0. The zero-order chi connectivity index (χ0) is 36.6. The van der Waals surface area contributed by atoms with Gasteiger partial charge in [0.2, 0.25) is 11.8 Å². The van der Waals surface area contributed by atoms with Gasteiger partial charge in [-0.1, -0.05) is 27.2 Å². The van der Waals surface area contributed by atoms with Gasteiger partial charge in [0, 0.05) is 55.9 Å². The van der Waals surface area contributed by atoms with E-state index in [0.29, 0.717) is 0 Å². The summed E-state index contributed by atoms with van der Waals surface area (Å²) in [6, 6.07) is 0. The number of ketones is 3. The van der Waals surface area contributed by atoms with Crippen molar-refractivity contribution in [2.45, 2.75) is 96.4 Å². The molecule has 0 aromatic rings. The average molecular weight is 614 g/mol. The van der Waals surface area contributed by atoms with Gasteiger partial charge < -0.3 is 38.6 Å². The van der Waals surface area contributed by atoms with Crippen molar-refractivity contribution in [1.29, 1.82) is 0 Å². The number of carbonyl (C=O) groups excluding carboxylic acids is 7. The van der Waals surface area contributed by atoms with Crippen LogP contribution in [0.4, 0.5) is 0 Å². The highest BCUT2D eigenvalue weighted by molar-refractivity contribution is 5.73. The van der Waals surface area contributed by atoms with Gasteiger partial charge in [0.05, 0.1) is 14.2 Å². The number of hydrogen-bond donors (Lipinski definition) is 0. The molecular formula is C30H67N3O9. The van der Waals surface area contributed by atoms with E-state index in [9.17, 15) is 33.6 Å². The first-order valence-electron chi connectivity index (χ1n) is 13.2. The highest BCUT2D eigenvalue weighted by Gasteiger charge is 1.88. The number of carbonyl (C=O) groups is 7. The topological polar surface area (TPSA) is 148 Å². The highest BCUT2D eigenvalue weighted by Crippen LogP contribution is 1.70. The van der Waals surface area contributed by atoms with E-state index >= 15 is 0 Å². The molecule has 0 rings (SSSR count). The third-order valence-corrected chi connectivity index (χ3v) is 2.47. The standard InChI is InChI=1S/2C4H9NO.C4H11N.2C3H6O2.3C3H6O.C3H8/c2*1-4(6)5(2)3;1-4-5(2)3;2*1-3(4)5-2;3*1-3(2)4;1-3-2/h2*1-3H3;4H2,1-3H3;2*1-2H3;3*1-2H3;3H2,1-2H3. The Hall–Kier alpha value is -3.15. The number of ether oxygens (including phenoxy) is 2. The van der Waals surface area contributed by atoms with Gasteiger partial charge in [-0.05, 0) is 62.2 Å². The number of nitrogens with zero attached hydrogens (tertiary/aromatic N) is 3. The second-order valence-electron chi connectivity index (χ2n) is 9.05. The van der Waals surface area contributed by atoms with Gasteiger partial charge >= 0.3 is 11.9 Å². The predicted molar refractivity (Wildman–Crippen MR) is 173 cm³/mol. The van der Waals surface area contributed by atoms with Gasteiger partial charge in [-0.25, -0.2) is 0 Å². The Bertz CT molecular complexity index is 575. The molecule has 0 atom stereocenters. The molecule has 0 radical (unpaired) electrons. The minimum absolute atomic E-state index is 0.0926. The fraction of sp³-hybridized carbons (Fsp3) is 0.767. The molecule has 0 fully saturated rings. The Labute approximate surface area is 258 Å². The van der Waals surface area contributed by atoms with Gasteiger partial charge in [-0.3, -0.25) is 19.2 Å². The van der Waals surface area contributed by atoms with Gasteiger partial charge in [0.1, 0.15) is 17.3 Å². The first kappa shape index (κ1) is 62.5. The summed E-state index contributed by atoms with van der Waals surface area (Å²) in [7, 11) is 13.7. The van der Waals surface area contributed by atoms with Crippen molar-refractivity contribution in [1.82, 2.24) is 14.7 Å². The molecule has 42 heavy (non-hydrogen) atoms. The quantitative estimate of drug-likeness (QED) is 0.392. The smallest absolute Gasteiger partial charge is 0.302 e. The Morgan fingerprint density at radius 2 is 0.524 bits per heavy atom. The van der Waals surface area contributed by atoms with Crippen LogP contribution in [-0.2, 0) is 43.0 Å². The maximum absolute atomic E-state index is 10.1. The number of rotatable bonds is 1. The fourth-order valence-electron chi connectivity index (χ4n) is 0. The Balaban J connectivity index is -0.0000000420. The van der Waals surface area contributed by atoms with Crippen LogP contribution in [0.5, 0.6) is 0 Å². The van der Waals surface area contributed by atoms with Crippen molar-refractivity contribution < 1.29 is 43.0 Å². The van der Waals surface area contributed by atoms with Crippen LogP contribution in [0.25, 0.3) is 0 Å². The van der Waals surface area contributed by atoms with E-state index in [1.807, 2.05) is 0 Å². The van der Waals surface area contributed by atoms with E-state index in [1.54, 1.807) is 28.2 Å². The zero-order valence-corrected chi connectivity index (χ0v) is 30.9. The van der Waals surface area contributed by atoms with Crippen LogP contribution in [0.2, 0.25) is 0 Å². The molecule has 0 aliphatic heterocycles. The molecule has 0 saturated carbocycles. The molecule has 0 N–H and O–H groups in total. The molecule has 0 aromatic heterocycles. The van der Waals surface area contributed by atoms with Gasteiger partial charge in [0.25, 0.3) is 0 Å². The number of hydrogen-bond acceptors (Lipinski definition) is 10. The monoisotopic (exact) mass is 613 g/mol. The number of amides is 2. The lowest BCUT2D eigenvalue weighted by Crippen LogP contribution is -2.17. The van der Waals surface area contributed by atoms with Gasteiger partial charge in [0.15, 0.2) is 0 Å². The van der Waals surface area contributed by atoms with Crippen LogP contribution >= 0.6 is 0 Å². The summed E-state index contributed by atoms with van der Waals surface area (Å²) in [6.07, 6.45) is 1.25. The minimum atomic E-state index is -0.245. The SMILES string of the molecule is CC(=O)N(C)C.CC(=O)N(C)C.CC(C)=O.CC(C)=O.CC(C)=O.CCC.CCN(C)C.COC(C)=O.COC(C)=O. The Morgan fingerprint density at radius 3 is 0.524 bits per heavy atom. The maximum atomic E-state index is 10.1. The van der Waals surface area contributed by atoms with Crippen LogP contribution in [0.15, 0.2) is 0 Å². The van der Waals surface area contributed by atoms with Crippen LogP contribution in [0.1, 0.15) is 96.4 Å². The van der Waals surface area contributed by atoms with E-state index in [0.717, 1.165) is 6.54 Å². The highest BCUT2D eigenvalue weighted by atomic mass is 16.5. The van der Waals surface area contributed by atoms with Crippen molar-refractivity contribution in [2.75, 3.05) is 63.1 Å². The molecular weight excluding hydrogens is 546 g/mol. The molecule has 0 heterocycles. The maximum Gasteiger partial charge on any atom is 0.302 e. The molecule has 12 nitrogen and oxygen atoms in total. The Morgan fingerprint density at radius 1 is 0.452 bits per heavy atom. The molecule has 12 heteroatoms. The lowest BCUT2D eigenvalue weighted by molar-refractivity contribution is -0.138. The third kappa shape index (κ3) is 402. The third-order valence-electron chi connectivity index (χ3n) is 2.47. The van der Waals surface area contributed by atoms with E-state index < -0.39 is 0 Å². The summed E-state index contributed by atoms with van der Waals surface area (Å²) < 4.78 is 8.22. The molecule has 0 saturated heterocycles. The van der Waals surface area contributed by atoms with E-state index in [4.69, 9.17) is 0 Å². The number of esters is 2. The molecule has 0 aromatic carbocycles. The van der Waals surface area contributed by atoms with Crippen molar-refractivity contribution in [3.63, 3.8) is 0 Å². The summed E-state index contributed by atoms with van der Waals surface area (Å²) in [5, 5.41) is 0. The molecule has 0 aliphatic carbocycles. The van der Waals surface area contributed by atoms with Crippen molar-refractivity contribution in [3.05, 3.63) is 0 Å². The largest absolute Gasteiger partial charge is 0.469 e. The first-order chi connectivity index (χ1) is 18.7. The average Bonchev–Trinajstić information content (AvgIpc) is 2.79. The van der Waals surface area contributed by atoms with Crippen molar-refractivity contribution in [2.24, 2.45) is 0 Å².